The van der Waals surface area contributed by atoms with Crippen LogP contribution in [0, 0.1) is 6.92 Å². The van der Waals surface area contributed by atoms with Gasteiger partial charge < -0.3 is 10.6 Å². The fraction of sp³-hybridized carbons (Fsp3) is 0.333. The van der Waals surface area contributed by atoms with Crippen LogP contribution in [-0.2, 0) is 4.79 Å². The van der Waals surface area contributed by atoms with Gasteiger partial charge in [-0.2, -0.15) is 0 Å². The monoisotopic (exact) mass is 340 g/mol. The molecule has 0 saturated carbocycles. The van der Waals surface area contributed by atoms with Gasteiger partial charge in [0.2, 0.25) is 5.91 Å². The Balaban J connectivity index is 0.00000176. The van der Waals surface area contributed by atoms with E-state index in [-0.39, 0.29) is 24.4 Å². The van der Waals surface area contributed by atoms with Crippen molar-refractivity contribution in [2.24, 2.45) is 0 Å². The summed E-state index contributed by atoms with van der Waals surface area (Å²) < 4.78 is 1.77. The lowest BCUT2D eigenvalue weighted by atomic mass is 10.2. The van der Waals surface area contributed by atoms with Gasteiger partial charge >= 0.3 is 0 Å². The van der Waals surface area contributed by atoms with Gasteiger partial charge in [-0.15, -0.1) is 17.5 Å². The van der Waals surface area contributed by atoms with Crippen molar-refractivity contribution in [1.82, 2.24) is 15.1 Å². The number of hydrogen-bond acceptors (Lipinski definition) is 3. The lowest BCUT2D eigenvalue weighted by Crippen LogP contribution is -2.35. The fourth-order valence-corrected chi connectivity index (χ4v) is 2.71. The van der Waals surface area contributed by atoms with Crippen molar-refractivity contribution in [3.63, 3.8) is 0 Å². The Morgan fingerprint density at radius 3 is 2.95 bits per heavy atom. The van der Waals surface area contributed by atoms with E-state index in [2.05, 4.69) is 15.7 Å². The van der Waals surface area contributed by atoms with Gasteiger partial charge in [0.1, 0.15) is 0 Å². The van der Waals surface area contributed by atoms with Gasteiger partial charge in [-0.1, -0.05) is 17.7 Å². The number of aryl methyl sites for hydroxylation is 1. The van der Waals surface area contributed by atoms with E-state index in [1.54, 1.807) is 4.68 Å². The number of nitrogens with one attached hydrogen (secondary N) is 2. The molecule has 1 unspecified atom stereocenters. The van der Waals surface area contributed by atoms with Crippen molar-refractivity contribution in [3.05, 3.63) is 41.0 Å². The first kappa shape index (κ1) is 16.8. The molecule has 2 aromatic rings. The van der Waals surface area contributed by atoms with Gasteiger partial charge in [0.15, 0.2) is 5.82 Å². The molecule has 2 heterocycles. The predicted octanol–water partition coefficient (Wildman–Crippen LogP) is 2.95. The van der Waals surface area contributed by atoms with Gasteiger partial charge in [-0.25, -0.2) is 4.68 Å². The average Bonchev–Trinajstić information content (AvgIpc) is 3.08. The molecule has 0 radical (unpaired) electrons. The minimum absolute atomic E-state index is 0. The maximum Gasteiger partial charge on any atom is 0.242 e. The third-order valence-electron chi connectivity index (χ3n) is 3.57. The molecule has 5 nitrogen and oxygen atoms in total. The van der Waals surface area contributed by atoms with E-state index in [0.717, 1.165) is 30.8 Å². The standard InChI is InChI=1S/C15H17ClN4O.ClH/c1-10-8-14(18-15(21)13-6-3-7-17-13)19-20(10)12-5-2-4-11(16)9-12;/h2,4-5,8-9,13,17H,3,6-7H2,1H3,(H,18,19,21);1H. The number of amides is 1. The Hall–Kier alpha value is -1.56. The fourth-order valence-electron chi connectivity index (χ4n) is 2.53. The van der Waals surface area contributed by atoms with Crippen LogP contribution in [0.2, 0.25) is 5.02 Å². The largest absolute Gasteiger partial charge is 0.308 e. The molecule has 1 saturated heterocycles. The highest BCUT2D eigenvalue weighted by Gasteiger charge is 2.22. The molecule has 0 spiro atoms. The van der Waals surface area contributed by atoms with Crippen LogP contribution < -0.4 is 10.6 Å². The molecule has 118 valence electrons. The van der Waals surface area contributed by atoms with Crippen molar-refractivity contribution in [3.8, 4) is 5.69 Å². The zero-order valence-electron chi connectivity index (χ0n) is 12.2. The maximum absolute atomic E-state index is 12.1. The van der Waals surface area contributed by atoms with E-state index in [4.69, 9.17) is 11.6 Å². The molecule has 7 heteroatoms. The number of anilines is 1. The van der Waals surface area contributed by atoms with Gasteiger partial charge in [-0.3, -0.25) is 4.79 Å². The van der Waals surface area contributed by atoms with E-state index in [1.165, 1.54) is 0 Å². The van der Waals surface area contributed by atoms with Gasteiger partial charge in [-0.05, 0) is 44.5 Å². The van der Waals surface area contributed by atoms with Crippen LogP contribution in [0.4, 0.5) is 5.82 Å². The van der Waals surface area contributed by atoms with Crippen LogP contribution in [0.5, 0.6) is 0 Å². The van der Waals surface area contributed by atoms with E-state index in [0.29, 0.717) is 10.8 Å². The van der Waals surface area contributed by atoms with Crippen LogP contribution >= 0.6 is 24.0 Å². The first-order valence-corrected chi connectivity index (χ1v) is 7.38. The van der Waals surface area contributed by atoms with Crippen LogP contribution in [0.3, 0.4) is 0 Å². The summed E-state index contributed by atoms with van der Waals surface area (Å²) in [5, 5.41) is 11.1. The Kier molecular flexibility index (Phi) is 5.45. The molecule has 22 heavy (non-hydrogen) atoms. The van der Waals surface area contributed by atoms with Crippen LogP contribution in [0.1, 0.15) is 18.5 Å². The number of benzene rings is 1. The maximum atomic E-state index is 12.1. The number of nitrogens with zero attached hydrogens (tertiary/aromatic N) is 2. The molecule has 0 aliphatic carbocycles. The second-order valence-electron chi connectivity index (χ2n) is 5.20. The Labute approximate surface area is 140 Å². The average molecular weight is 341 g/mol. The first-order chi connectivity index (χ1) is 10.1. The third kappa shape index (κ3) is 3.61. The van der Waals surface area contributed by atoms with E-state index in [1.807, 2.05) is 37.3 Å². The number of aromatic nitrogens is 2. The summed E-state index contributed by atoms with van der Waals surface area (Å²) in [6, 6.07) is 9.20. The molecule has 1 aliphatic rings. The highest BCUT2D eigenvalue weighted by Crippen LogP contribution is 2.19. The SMILES string of the molecule is Cc1cc(NC(=O)C2CCCN2)nn1-c1cccc(Cl)c1.Cl. The van der Waals surface area contributed by atoms with Gasteiger partial charge in [0.25, 0.3) is 0 Å². The second kappa shape index (κ2) is 7.13. The molecule has 1 aliphatic heterocycles. The molecule has 2 N–H and O–H groups in total. The number of halogens is 2. The lowest BCUT2D eigenvalue weighted by Gasteiger charge is -2.08. The summed E-state index contributed by atoms with van der Waals surface area (Å²) in [5.41, 5.74) is 1.81. The van der Waals surface area contributed by atoms with Crippen molar-refractivity contribution in [2.75, 3.05) is 11.9 Å². The minimum atomic E-state index is -0.110. The highest BCUT2D eigenvalue weighted by molar-refractivity contribution is 6.30. The molecular weight excluding hydrogens is 323 g/mol. The first-order valence-electron chi connectivity index (χ1n) is 7.00. The topological polar surface area (TPSA) is 59.0 Å². The summed E-state index contributed by atoms with van der Waals surface area (Å²) in [7, 11) is 0. The molecule has 1 aromatic carbocycles. The molecule has 1 amide bonds. The van der Waals surface area contributed by atoms with Crippen molar-refractivity contribution >= 4 is 35.7 Å². The number of carbonyl (C=O) groups is 1. The normalized spacial score (nSPS) is 17.1. The summed E-state index contributed by atoms with van der Waals surface area (Å²) in [6.45, 7) is 2.84. The lowest BCUT2D eigenvalue weighted by molar-refractivity contribution is -0.117. The van der Waals surface area contributed by atoms with E-state index in [9.17, 15) is 4.79 Å². The quantitative estimate of drug-likeness (QED) is 0.902. The molecular formula is C15H18Cl2N4O. The summed E-state index contributed by atoms with van der Waals surface area (Å²) in [5.74, 6) is 0.536. The summed E-state index contributed by atoms with van der Waals surface area (Å²) in [6.07, 6.45) is 1.91. The zero-order chi connectivity index (χ0) is 14.8. The van der Waals surface area contributed by atoms with Crippen molar-refractivity contribution < 1.29 is 4.79 Å². The summed E-state index contributed by atoms with van der Waals surface area (Å²) in [4.78, 5) is 12.1. The number of hydrogen-bond donors (Lipinski definition) is 2. The molecule has 1 atom stereocenters. The number of carbonyl (C=O) groups excluding carboxylic acids is 1. The Bertz CT molecular complexity index is 665. The van der Waals surface area contributed by atoms with E-state index < -0.39 is 0 Å². The number of rotatable bonds is 3. The van der Waals surface area contributed by atoms with Crippen LogP contribution in [-0.4, -0.2) is 28.3 Å². The predicted molar refractivity (Wildman–Crippen MR) is 90.2 cm³/mol. The molecule has 0 bridgehead atoms. The molecule has 1 fully saturated rings. The van der Waals surface area contributed by atoms with E-state index >= 15 is 0 Å². The minimum Gasteiger partial charge on any atom is -0.308 e. The smallest absolute Gasteiger partial charge is 0.242 e. The highest BCUT2D eigenvalue weighted by atomic mass is 35.5. The Morgan fingerprint density at radius 2 is 2.27 bits per heavy atom. The second-order valence-corrected chi connectivity index (χ2v) is 5.64. The van der Waals surface area contributed by atoms with Gasteiger partial charge in [0, 0.05) is 16.8 Å². The Morgan fingerprint density at radius 1 is 1.45 bits per heavy atom. The van der Waals surface area contributed by atoms with Crippen molar-refractivity contribution in [2.45, 2.75) is 25.8 Å². The summed E-state index contributed by atoms with van der Waals surface area (Å²) >= 11 is 6.01. The van der Waals surface area contributed by atoms with Crippen LogP contribution in [0.25, 0.3) is 5.69 Å². The molecule has 1 aromatic heterocycles. The third-order valence-corrected chi connectivity index (χ3v) is 3.80. The zero-order valence-corrected chi connectivity index (χ0v) is 13.7. The van der Waals surface area contributed by atoms with Gasteiger partial charge in [0.05, 0.1) is 11.7 Å². The van der Waals surface area contributed by atoms with Crippen molar-refractivity contribution in [1.29, 1.82) is 0 Å². The molecule has 3 rings (SSSR count). The van der Waals surface area contributed by atoms with Crippen LogP contribution in [0.15, 0.2) is 30.3 Å².